The van der Waals surface area contributed by atoms with E-state index in [4.69, 9.17) is 9.15 Å². The minimum Gasteiger partial charge on any atom is -0.439 e. The number of benzene rings is 2. The Kier molecular flexibility index (Phi) is 8.35. The zero-order chi connectivity index (χ0) is 30.1. The second-order valence-electron chi connectivity index (χ2n) is 11.5. The summed E-state index contributed by atoms with van der Waals surface area (Å²) in [5.41, 5.74) is 4.30. The molecule has 5 rings (SSSR count). The third kappa shape index (κ3) is 7.49. The van der Waals surface area contributed by atoms with Gasteiger partial charge in [-0.1, -0.05) is 44.2 Å². The van der Waals surface area contributed by atoms with Gasteiger partial charge in [-0.05, 0) is 54.0 Å². The maximum atomic E-state index is 11.3. The van der Waals surface area contributed by atoms with Crippen molar-refractivity contribution in [2.75, 3.05) is 23.0 Å². The molecule has 1 aromatic heterocycles. The molecule has 2 N–H and O–H groups in total. The van der Waals surface area contributed by atoms with Gasteiger partial charge in [-0.3, -0.25) is 9.11 Å². The van der Waals surface area contributed by atoms with E-state index < -0.39 is 20.2 Å². The number of ether oxygens (including phenoxy) is 1. The summed E-state index contributed by atoms with van der Waals surface area (Å²) >= 11 is 0. The van der Waals surface area contributed by atoms with Gasteiger partial charge in [-0.2, -0.15) is 21.4 Å². The summed E-state index contributed by atoms with van der Waals surface area (Å²) in [5, 5.41) is 0. The molecule has 10 nitrogen and oxygen atoms in total. The standard InChI is InChI=1S/C30H34N2O8S2/c1-30(2)20-22(18-28-31(13-7-15-41(33,34)35)24-9-3-5-11-26(24)39-28)17-23(21-30)19-29-32(14-8-16-42(36,37)38)25-10-4-6-12-27(25)40-29/h3-6,9-12,17-19H,7-8,13-16,20-21H2,1-2H3,(H-,33,34,35,36,37,38)/p+1. The number of rotatable bonds is 10. The first kappa shape index (κ1) is 30.0. The summed E-state index contributed by atoms with van der Waals surface area (Å²) in [5.74, 6) is 1.15. The van der Waals surface area contributed by atoms with Crippen LogP contribution in [0.5, 0.6) is 5.75 Å². The fraction of sp³-hybridized carbons (Fsp3) is 0.367. The molecule has 2 aromatic carbocycles. The lowest BCUT2D eigenvalue weighted by Crippen LogP contribution is -2.36. The highest BCUT2D eigenvalue weighted by atomic mass is 32.2. The zero-order valence-corrected chi connectivity index (χ0v) is 25.2. The highest BCUT2D eigenvalue weighted by Crippen LogP contribution is 2.42. The molecule has 0 saturated heterocycles. The Morgan fingerprint density at radius 1 is 0.929 bits per heavy atom. The van der Waals surface area contributed by atoms with E-state index in [2.05, 4.69) is 19.9 Å². The van der Waals surface area contributed by atoms with Crippen LogP contribution in [0.3, 0.4) is 0 Å². The summed E-state index contributed by atoms with van der Waals surface area (Å²) in [4.78, 5) is 1.93. The van der Waals surface area contributed by atoms with Gasteiger partial charge in [0.05, 0.1) is 23.3 Å². The number of aryl methyl sites for hydroxylation is 1. The van der Waals surface area contributed by atoms with Gasteiger partial charge >= 0.3 is 5.89 Å². The quantitative estimate of drug-likeness (QED) is 0.234. The summed E-state index contributed by atoms with van der Waals surface area (Å²) in [7, 11) is -8.15. The molecule has 1 aliphatic carbocycles. The lowest BCUT2D eigenvalue weighted by Gasteiger charge is -2.30. The van der Waals surface area contributed by atoms with Gasteiger partial charge in [0.25, 0.3) is 25.8 Å². The molecular formula is C30H35N2O8S2+. The van der Waals surface area contributed by atoms with Crippen LogP contribution in [0.4, 0.5) is 5.69 Å². The van der Waals surface area contributed by atoms with E-state index in [-0.39, 0.29) is 29.8 Å². The fourth-order valence-electron chi connectivity index (χ4n) is 5.60. The molecule has 224 valence electrons. The van der Waals surface area contributed by atoms with Crippen LogP contribution in [-0.4, -0.2) is 44.0 Å². The maximum Gasteiger partial charge on any atom is 0.374 e. The molecule has 0 atom stereocenters. The number of hydrogen-bond donors (Lipinski definition) is 2. The van der Waals surface area contributed by atoms with Crippen molar-refractivity contribution in [2.24, 2.45) is 5.41 Å². The van der Waals surface area contributed by atoms with Crippen LogP contribution in [0.1, 0.15) is 45.4 Å². The summed E-state index contributed by atoms with van der Waals surface area (Å²) in [6.07, 6.45) is 8.06. The Morgan fingerprint density at radius 3 is 2.38 bits per heavy atom. The lowest BCUT2D eigenvalue weighted by molar-refractivity contribution is -0.677. The highest BCUT2D eigenvalue weighted by Gasteiger charge is 2.30. The monoisotopic (exact) mass is 615 g/mol. The zero-order valence-electron chi connectivity index (χ0n) is 23.6. The van der Waals surface area contributed by atoms with E-state index in [1.807, 2.05) is 70.1 Å². The van der Waals surface area contributed by atoms with Gasteiger partial charge < -0.3 is 14.1 Å². The second-order valence-corrected chi connectivity index (χ2v) is 14.6. The van der Waals surface area contributed by atoms with Crippen molar-refractivity contribution >= 4 is 43.1 Å². The Morgan fingerprint density at radius 2 is 1.62 bits per heavy atom. The third-order valence-electron chi connectivity index (χ3n) is 7.20. The third-order valence-corrected chi connectivity index (χ3v) is 8.80. The number of nitrogens with zero attached hydrogens (tertiary/aromatic N) is 2. The van der Waals surface area contributed by atoms with E-state index >= 15 is 0 Å². The first-order valence-electron chi connectivity index (χ1n) is 13.8. The van der Waals surface area contributed by atoms with Gasteiger partial charge in [-0.15, -0.1) is 0 Å². The van der Waals surface area contributed by atoms with Crippen LogP contribution >= 0.6 is 0 Å². The van der Waals surface area contributed by atoms with Crippen molar-refractivity contribution < 1.29 is 39.7 Å². The minimum absolute atomic E-state index is 0.0873. The molecule has 3 aromatic rings. The van der Waals surface area contributed by atoms with E-state index in [1.165, 1.54) is 0 Å². The Balaban J connectivity index is 1.48. The van der Waals surface area contributed by atoms with Crippen LogP contribution in [0.15, 0.2) is 82.1 Å². The van der Waals surface area contributed by atoms with Crippen LogP contribution in [0.2, 0.25) is 0 Å². The summed E-state index contributed by atoms with van der Waals surface area (Å²) in [6, 6.07) is 15.1. The molecule has 0 fully saturated rings. The fourth-order valence-corrected chi connectivity index (χ4v) is 6.59. The van der Waals surface area contributed by atoms with Crippen molar-refractivity contribution in [3.05, 3.63) is 83.6 Å². The smallest absolute Gasteiger partial charge is 0.374 e. The minimum atomic E-state index is -4.08. The highest BCUT2D eigenvalue weighted by molar-refractivity contribution is 7.86. The Hall–Kier alpha value is -3.45. The number of allylic oxidation sites excluding steroid dienone is 4. The molecule has 0 spiro atoms. The van der Waals surface area contributed by atoms with E-state index in [0.29, 0.717) is 36.2 Å². The lowest BCUT2D eigenvalue weighted by atomic mass is 9.75. The molecule has 0 saturated carbocycles. The predicted molar refractivity (Wildman–Crippen MR) is 160 cm³/mol. The van der Waals surface area contributed by atoms with Crippen molar-refractivity contribution in [3.8, 4) is 5.75 Å². The maximum absolute atomic E-state index is 11.3. The number of fused-ring (bicyclic) bond motifs is 2. The van der Waals surface area contributed by atoms with Gasteiger partial charge in [0, 0.05) is 25.1 Å². The second kappa shape index (κ2) is 11.7. The first-order chi connectivity index (χ1) is 19.8. The topological polar surface area (TPSA) is 138 Å². The normalized spacial score (nSPS) is 18.9. The average molecular weight is 616 g/mol. The van der Waals surface area contributed by atoms with Crippen molar-refractivity contribution in [2.45, 2.75) is 46.1 Å². The van der Waals surface area contributed by atoms with Crippen molar-refractivity contribution in [3.63, 3.8) is 0 Å². The van der Waals surface area contributed by atoms with E-state index in [1.54, 1.807) is 0 Å². The first-order valence-corrected chi connectivity index (χ1v) is 17.0. The Labute approximate surface area is 246 Å². The molecule has 1 aliphatic heterocycles. The molecule has 0 unspecified atom stereocenters. The molecule has 0 bridgehead atoms. The van der Waals surface area contributed by atoms with Gasteiger partial charge in [0.2, 0.25) is 11.5 Å². The Bertz CT molecular complexity index is 1800. The number of aromatic nitrogens is 1. The molecular weight excluding hydrogens is 580 g/mol. The number of para-hydroxylation sites is 4. The molecule has 2 aliphatic rings. The van der Waals surface area contributed by atoms with Crippen LogP contribution < -0.4 is 14.2 Å². The molecule has 12 heteroatoms. The van der Waals surface area contributed by atoms with Crippen LogP contribution in [-0.2, 0) is 26.8 Å². The predicted octanol–water partition coefficient (Wildman–Crippen LogP) is 5.15. The number of oxazole rings is 1. The van der Waals surface area contributed by atoms with Crippen molar-refractivity contribution in [1.82, 2.24) is 0 Å². The average Bonchev–Trinajstić information content (AvgIpc) is 3.39. The number of hydrogen-bond acceptors (Lipinski definition) is 7. The van der Waals surface area contributed by atoms with Crippen LogP contribution in [0.25, 0.3) is 17.2 Å². The van der Waals surface area contributed by atoms with Gasteiger partial charge in [0.1, 0.15) is 0 Å². The summed E-state index contributed by atoms with van der Waals surface area (Å²) in [6.45, 7) is 5.06. The molecule has 2 heterocycles. The number of anilines is 1. The summed E-state index contributed by atoms with van der Waals surface area (Å²) < 4.78 is 78.0. The molecule has 0 radical (unpaired) electrons. The van der Waals surface area contributed by atoms with Crippen molar-refractivity contribution in [1.29, 1.82) is 0 Å². The SMILES string of the molecule is CC1(C)CC(C=C2Oc3ccccc3N2CCCS(=O)(=O)O)=CC(=Cc2oc3ccccc3[n+]2CCCS(=O)(=O)O)C1. The van der Waals surface area contributed by atoms with Crippen LogP contribution in [0, 0.1) is 5.41 Å². The molecule has 0 amide bonds. The van der Waals surface area contributed by atoms with E-state index in [0.717, 1.165) is 35.2 Å². The van der Waals surface area contributed by atoms with Gasteiger partial charge in [-0.25, -0.2) is 0 Å². The largest absolute Gasteiger partial charge is 0.439 e. The molecule has 42 heavy (non-hydrogen) atoms. The van der Waals surface area contributed by atoms with E-state index in [9.17, 15) is 25.9 Å². The van der Waals surface area contributed by atoms with Gasteiger partial charge in [0.15, 0.2) is 12.3 Å².